The van der Waals surface area contributed by atoms with Gasteiger partial charge < -0.3 is 14.6 Å². The van der Waals surface area contributed by atoms with Crippen LogP contribution in [0.5, 0.6) is 5.75 Å². The van der Waals surface area contributed by atoms with E-state index >= 15 is 0 Å². The quantitative estimate of drug-likeness (QED) is 0.440. The number of para-hydroxylation sites is 1. The molecule has 1 saturated heterocycles. The highest BCUT2D eigenvalue weighted by Gasteiger charge is 2.35. The van der Waals surface area contributed by atoms with E-state index < -0.39 is 6.36 Å². The van der Waals surface area contributed by atoms with Crippen LogP contribution in [0.25, 0.3) is 16.9 Å². The summed E-state index contributed by atoms with van der Waals surface area (Å²) in [7, 11) is 0. The topological polar surface area (TPSA) is 88.9 Å². The summed E-state index contributed by atoms with van der Waals surface area (Å²) in [5.74, 6) is -0.0253. The number of ether oxygens (including phenoxy) is 1. The molecular formula is C24H21F3N6O2. The van der Waals surface area contributed by atoms with Crippen LogP contribution in [0.1, 0.15) is 40.6 Å². The van der Waals surface area contributed by atoms with Gasteiger partial charge in [0, 0.05) is 12.1 Å². The summed E-state index contributed by atoms with van der Waals surface area (Å²) in [6.45, 7) is 2.44. The van der Waals surface area contributed by atoms with Crippen molar-refractivity contribution in [3.05, 3.63) is 78.0 Å². The second kappa shape index (κ2) is 8.90. The molecule has 4 aromatic rings. The maximum Gasteiger partial charge on any atom is 0.573 e. The number of halogens is 3. The number of hydrogen-bond acceptors (Lipinski definition) is 5. The summed E-state index contributed by atoms with van der Waals surface area (Å²) in [5.41, 5.74) is 2.58. The van der Waals surface area contributed by atoms with Gasteiger partial charge in [-0.3, -0.25) is 4.79 Å². The summed E-state index contributed by atoms with van der Waals surface area (Å²) in [4.78, 5) is 24.3. The molecule has 0 radical (unpaired) electrons. The Hall–Kier alpha value is -4.15. The minimum Gasteiger partial charge on any atom is -0.405 e. The molecule has 8 nitrogen and oxygen atoms in total. The number of carbonyl (C=O) groups excluding carboxylic acids is 1. The van der Waals surface area contributed by atoms with Crippen LogP contribution in [-0.2, 0) is 0 Å². The molecule has 0 unspecified atom stereocenters. The Balaban J connectivity index is 1.45. The Bertz CT molecular complexity index is 1350. The summed E-state index contributed by atoms with van der Waals surface area (Å²) in [5, 5.41) is 8.34. The maximum absolute atomic E-state index is 13.6. The molecule has 5 rings (SSSR count). The number of benzene rings is 2. The molecule has 0 bridgehead atoms. The third-order valence-electron chi connectivity index (χ3n) is 5.85. The molecule has 0 aliphatic carbocycles. The number of alkyl halides is 3. The van der Waals surface area contributed by atoms with Crippen molar-refractivity contribution in [1.29, 1.82) is 0 Å². The van der Waals surface area contributed by atoms with Crippen molar-refractivity contribution in [1.82, 2.24) is 29.9 Å². The number of aromatic nitrogens is 5. The lowest BCUT2D eigenvalue weighted by Crippen LogP contribution is -2.32. The fraction of sp³-hybridized carbons (Fsp3) is 0.250. The zero-order valence-corrected chi connectivity index (χ0v) is 18.7. The molecule has 35 heavy (non-hydrogen) atoms. The van der Waals surface area contributed by atoms with E-state index in [0.29, 0.717) is 35.7 Å². The van der Waals surface area contributed by atoms with E-state index in [4.69, 9.17) is 0 Å². The minimum absolute atomic E-state index is 0.196. The summed E-state index contributed by atoms with van der Waals surface area (Å²) in [6, 6.07) is 11.0. The van der Waals surface area contributed by atoms with E-state index in [0.717, 1.165) is 12.0 Å². The van der Waals surface area contributed by atoms with E-state index in [9.17, 15) is 18.0 Å². The molecule has 1 aliphatic rings. The number of likely N-dealkylation sites (tertiary alicyclic amines) is 1. The first-order chi connectivity index (χ1) is 16.8. The lowest BCUT2D eigenvalue weighted by molar-refractivity contribution is -0.274. The highest BCUT2D eigenvalue weighted by molar-refractivity contribution is 5.98. The van der Waals surface area contributed by atoms with E-state index in [1.165, 1.54) is 29.2 Å². The molecule has 0 spiro atoms. The van der Waals surface area contributed by atoms with E-state index in [1.54, 1.807) is 29.4 Å². The van der Waals surface area contributed by atoms with Gasteiger partial charge in [0.05, 0.1) is 41.6 Å². The second-order valence-electron chi connectivity index (χ2n) is 8.22. The van der Waals surface area contributed by atoms with Gasteiger partial charge in [0.25, 0.3) is 5.91 Å². The first kappa shape index (κ1) is 22.6. The number of hydrogen-bond donors (Lipinski definition) is 1. The van der Waals surface area contributed by atoms with Crippen molar-refractivity contribution >= 4 is 5.91 Å². The van der Waals surface area contributed by atoms with Gasteiger partial charge in [-0.15, -0.1) is 13.2 Å². The van der Waals surface area contributed by atoms with Crippen LogP contribution in [0.2, 0.25) is 0 Å². The molecule has 0 saturated carbocycles. The fourth-order valence-electron chi connectivity index (χ4n) is 4.32. The molecule has 2 aromatic heterocycles. The van der Waals surface area contributed by atoms with Gasteiger partial charge in [-0.1, -0.05) is 18.2 Å². The van der Waals surface area contributed by atoms with Crippen LogP contribution in [0.3, 0.4) is 0 Å². The van der Waals surface area contributed by atoms with Crippen LogP contribution in [0, 0.1) is 6.92 Å². The molecular weight excluding hydrogens is 461 g/mol. The highest BCUT2D eigenvalue weighted by atomic mass is 19.4. The lowest BCUT2D eigenvalue weighted by atomic mass is 10.1. The summed E-state index contributed by atoms with van der Waals surface area (Å²) in [6.07, 6.45) is 1.16. The van der Waals surface area contributed by atoms with Crippen molar-refractivity contribution in [2.45, 2.75) is 32.2 Å². The molecule has 2 aromatic carbocycles. The second-order valence-corrected chi connectivity index (χ2v) is 8.22. The largest absolute Gasteiger partial charge is 0.573 e. The maximum atomic E-state index is 13.6. The number of H-pyrrole nitrogens is 1. The Morgan fingerprint density at radius 3 is 2.69 bits per heavy atom. The van der Waals surface area contributed by atoms with Gasteiger partial charge in [-0.05, 0) is 49.6 Å². The summed E-state index contributed by atoms with van der Waals surface area (Å²) >= 11 is 0. The van der Waals surface area contributed by atoms with Gasteiger partial charge >= 0.3 is 6.36 Å². The van der Waals surface area contributed by atoms with Crippen molar-refractivity contribution < 1.29 is 22.7 Å². The first-order valence-electron chi connectivity index (χ1n) is 11.0. The van der Waals surface area contributed by atoms with Crippen molar-refractivity contribution in [2.75, 3.05) is 6.54 Å². The number of aromatic amines is 1. The normalized spacial score (nSPS) is 16.0. The highest BCUT2D eigenvalue weighted by Crippen LogP contribution is 2.36. The SMILES string of the molecule is Cc1ccc(C(=O)N2CCC[C@H]2c2ncc(-c3ccccc3OC(F)(F)F)[nH]2)c(-n2nccn2)c1. The predicted octanol–water partition coefficient (Wildman–Crippen LogP) is 4.84. The molecule has 1 aliphatic heterocycles. The number of amides is 1. The van der Waals surface area contributed by atoms with Gasteiger partial charge in [0.1, 0.15) is 11.6 Å². The predicted molar refractivity (Wildman–Crippen MR) is 120 cm³/mol. The molecule has 1 amide bonds. The Morgan fingerprint density at radius 2 is 1.91 bits per heavy atom. The van der Waals surface area contributed by atoms with E-state index in [-0.39, 0.29) is 23.3 Å². The molecule has 1 N–H and O–H groups in total. The number of nitrogens with zero attached hydrogens (tertiary/aromatic N) is 5. The number of imidazole rings is 1. The third kappa shape index (κ3) is 4.61. The number of rotatable bonds is 5. The zero-order valence-electron chi connectivity index (χ0n) is 18.7. The fourth-order valence-corrected chi connectivity index (χ4v) is 4.32. The van der Waals surface area contributed by atoms with Crippen LogP contribution in [0.4, 0.5) is 13.2 Å². The molecule has 180 valence electrons. The van der Waals surface area contributed by atoms with Crippen LogP contribution >= 0.6 is 0 Å². The smallest absolute Gasteiger partial charge is 0.405 e. The van der Waals surface area contributed by atoms with E-state index in [2.05, 4.69) is 24.9 Å². The van der Waals surface area contributed by atoms with Crippen molar-refractivity contribution in [3.8, 4) is 22.7 Å². The third-order valence-corrected chi connectivity index (χ3v) is 5.85. The van der Waals surface area contributed by atoms with Crippen molar-refractivity contribution in [2.24, 2.45) is 0 Å². The Morgan fingerprint density at radius 1 is 1.14 bits per heavy atom. The van der Waals surface area contributed by atoms with Gasteiger partial charge in [0.2, 0.25) is 0 Å². The van der Waals surface area contributed by atoms with E-state index in [1.807, 2.05) is 19.1 Å². The Kier molecular flexibility index (Phi) is 5.75. The van der Waals surface area contributed by atoms with Crippen molar-refractivity contribution in [3.63, 3.8) is 0 Å². The zero-order chi connectivity index (χ0) is 24.6. The van der Waals surface area contributed by atoms with Gasteiger partial charge in [0.15, 0.2) is 0 Å². The van der Waals surface area contributed by atoms with Crippen LogP contribution < -0.4 is 4.74 Å². The lowest BCUT2D eigenvalue weighted by Gasteiger charge is -2.24. The van der Waals surface area contributed by atoms with Gasteiger partial charge in [-0.2, -0.15) is 15.0 Å². The minimum atomic E-state index is -4.82. The van der Waals surface area contributed by atoms with Crippen LogP contribution in [0.15, 0.2) is 61.1 Å². The summed E-state index contributed by atoms with van der Waals surface area (Å²) < 4.78 is 42.7. The number of aryl methyl sites for hydroxylation is 1. The number of nitrogens with one attached hydrogen (secondary N) is 1. The monoisotopic (exact) mass is 482 g/mol. The molecule has 11 heteroatoms. The van der Waals surface area contributed by atoms with Crippen LogP contribution in [-0.4, -0.2) is 48.7 Å². The average molecular weight is 482 g/mol. The average Bonchev–Trinajstić information content (AvgIpc) is 3.59. The van der Waals surface area contributed by atoms with Gasteiger partial charge in [-0.25, -0.2) is 4.98 Å². The number of carbonyl (C=O) groups is 1. The molecule has 3 heterocycles. The standard InChI is InChI=1S/C24H21F3N6O2/c1-15-8-9-17(20(13-15)33-29-10-11-30-33)23(34)32-12-4-6-19(32)22-28-14-18(31-22)16-5-2-3-7-21(16)35-24(25,26)27/h2-3,5,7-11,13-14,19H,4,6,12H2,1H3,(H,28,31)/t19-/m0/s1. The molecule has 1 fully saturated rings. The Labute approximate surface area is 198 Å². The molecule has 1 atom stereocenters. The first-order valence-corrected chi connectivity index (χ1v) is 11.0.